The molecule has 0 saturated heterocycles. The summed E-state index contributed by atoms with van der Waals surface area (Å²) in [5.74, 6) is 1.78. The lowest BCUT2D eigenvalue weighted by atomic mass is 10.1. The zero-order chi connectivity index (χ0) is 20.6. The fourth-order valence-corrected chi connectivity index (χ4v) is 3.04. The normalized spacial score (nSPS) is 11.6. The molecule has 0 radical (unpaired) electrons. The van der Waals surface area contributed by atoms with Gasteiger partial charge in [0.2, 0.25) is 0 Å². The van der Waals surface area contributed by atoms with Crippen molar-refractivity contribution in [1.82, 2.24) is 15.3 Å². The zero-order valence-corrected chi connectivity index (χ0v) is 17.0. The van der Waals surface area contributed by atoms with Crippen molar-refractivity contribution in [3.63, 3.8) is 0 Å². The Balaban J connectivity index is 1.61. The second-order valence-corrected chi connectivity index (χ2v) is 6.82. The smallest absolute Gasteiger partial charge is 0.270 e. The highest BCUT2D eigenvalue weighted by Crippen LogP contribution is 2.18. The fourth-order valence-electron chi connectivity index (χ4n) is 3.04. The van der Waals surface area contributed by atoms with E-state index in [9.17, 15) is 4.79 Å². The molecule has 0 fully saturated rings. The number of rotatable bonds is 8. The molecule has 29 heavy (non-hydrogen) atoms. The van der Waals surface area contributed by atoms with E-state index in [1.54, 1.807) is 20.1 Å². The Kier molecular flexibility index (Phi) is 6.79. The Morgan fingerprint density at radius 3 is 2.62 bits per heavy atom. The number of aromatic nitrogens is 2. The van der Waals surface area contributed by atoms with Crippen molar-refractivity contribution >= 4 is 11.7 Å². The number of aryl methyl sites for hydroxylation is 1. The van der Waals surface area contributed by atoms with E-state index in [1.807, 2.05) is 42.5 Å². The molecule has 0 aliphatic heterocycles. The first-order valence-corrected chi connectivity index (χ1v) is 9.63. The predicted molar refractivity (Wildman–Crippen MR) is 114 cm³/mol. The molecule has 1 atom stereocenters. The number of nitrogens with one attached hydrogen (secondary N) is 2. The molecule has 0 saturated carbocycles. The zero-order valence-electron chi connectivity index (χ0n) is 17.0. The molecule has 6 nitrogen and oxygen atoms in total. The average molecular weight is 390 g/mol. The third-order valence-electron chi connectivity index (χ3n) is 4.57. The standard InChI is InChI=1S/C23H26N4O2/c1-16(19-9-5-4-6-10-19)25-22-15-21(26-17(2)27-22)23(28)24-13-12-18-8-7-11-20(14-18)29-3/h4-11,14-16H,12-13H2,1-3H3,(H,24,28)(H,25,26,27). The summed E-state index contributed by atoms with van der Waals surface area (Å²) in [6.07, 6.45) is 0.711. The van der Waals surface area contributed by atoms with Gasteiger partial charge in [-0.25, -0.2) is 9.97 Å². The van der Waals surface area contributed by atoms with Gasteiger partial charge in [-0.1, -0.05) is 42.5 Å². The van der Waals surface area contributed by atoms with Crippen molar-refractivity contribution in [3.05, 3.63) is 83.3 Å². The maximum Gasteiger partial charge on any atom is 0.270 e. The molecule has 2 aromatic carbocycles. The average Bonchev–Trinajstić information content (AvgIpc) is 2.74. The van der Waals surface area contributed by atoms with Crippen LogP contribution in [0.1, 0.15) is 40.4 Å². The maximum atomic E-state index is 12.6. The molecule has 0 aliphatic rings. The van der Waals surface area contributed by atoms with Crippen LogP contribution in [0.15, 0.2) is 60.7 Å². The van der Waals surface area contributed by atoms with Crippen molar-refractivity contribution in [2.24, 2.45) is 0 Å². The molecule has 3 rings (SSSR count). The van der Waals surface area contributed by atoms with E-state index in [0.29, 0.717) is 30.3 Å². The van der Waals surface area contributed by atoms with Crippen LogP contribution in [0.4, 0.5) is 5.82 Å². The number of amides is 1. The summed E-state index contributed by atoms with van der Waals surface area (Å²) in [7, 11) is 1.64. The van der Waals surface area contributed by atoms with Crippen LogP contribution in [0.2, 0.25) is 0 Å². The first-order chi connectivity index (χ1) is 14.0. The Bertz CT molecular complexity index is 960. The number of hydrogen-bond acceptors (Lipinski definition) is 5. The van der Waals surface area contributed by atoms with Crippen LogP contribution in [0, 0.1) is 6.92 Å². The van der Waals surface area contributed by atoms with Gasteiger partial charge in [0.15, 0.2) is 0 Å². The number of methoxy groups -OCH3 is 1. The molecule has 0 spiro atoms. The highest BCUT2D eigenvalue weighted by atomic mass is 16.5. The number of carbonyl (C=O) groups excluding carboxylic acids is 1. The van der Waals surface area contributed by atoms with Crippen LogP contribution >= 0.6 is 0 Å². The molecule has 1 amide bonds. The van der Waals surface area contributed by atoms with Crippen molar-refractivity contribution in [3.8, 4) is 5.75 Å². The lowest BCUT2D eigenvalue weighted by molar-refractivity contribution is 0.0949. The van der Waals surface area contributed by atoms with Crippen molar-refractivity contribution in [1.29, 1.82) is 0 Å². The number of benzene rings is 2. The van der Waals surface area contributed by atoms with E-state index in [0.717, 1.165) is 16.9 Å². The highest BCUT2D eigenvalue weighted by Gasteiger charge is 2.12. The van der Waals surface area contributed by atoms with E-state index in [-0.39, 0.29) is 11.9 Å². The van der Waals surface area contributed by atoms with Gasteiger partial charge in [0, 0.05) is 18.7 Å². The monoisotopic (exact) mass is 390 g/mol. The lowest BCUT2D eigenvalue weighted by Crippen LogP contribution is -2.27. The number of carbonyl (C=O) groups is 1. The van der Waals surface area contributed by atoms with Gasteiger partial charge in [-0.15, -0.1) is 0 Å². The Labute approximate surface area is 171 Å². The maximum absolute atomic E-state index is 12.6. The third kappa shape index (κ3) is 5.78. The summed E-state index contributed by atoms with van der Waals surface area (Å²) in [6.45, 7) is 4.35. The molecular weight excluding hydrogens is 364 g/mol. The van der Waals surface area contributed by atoms with Gasteiger partial charge in [0.05, 0.1) is 7.11 Å². The molecule has 0 aliphatic carbocycles. The quantitative estimate of drug-likeness (QED) is 0.609. The second-order valence-electron chi connectivity index (χ2n) is 6.82. The van der Waals surface area contributed by atoms with Gasteiger partial charge in [0.25, 0.3) is 5.91 Å². The molecular formula is C23H26N4O2. The first-order valence-electron chi connectivity index (χ1n) is 9.63. The van der Waals surface area contributed by atoms with E-state index < -0.39 is 0 Å². The number of hydrogen-bond donors (Lipinski definition) is 2. The van der Waals surface area contributed by atoms with Crippen LogP contribution in [-0.4, -0.2) is 29.5 Å². The van der Waals surface area contributed by atoms with Gasteiger partial charge in [-0.05, 0) is 43.5 Å². The number of anilines is 1. The van der Waals surface area contributed by atoms with Crippen LogP contribution in [0.3, 0.4) is 0 Å². The minimum Gasteiger partial charge on any atom is -0.497 e. The summed E-state index contributed by atoms with van der Waals surface area (Å²) >= 11 is 0. The topological polar surface area (TPSA) is 76.1 Å². The number of nitrogens with zero attached hydrogens (tertiary/aromatic N) is 2. The van der Waals surface area contributed by atoms with E-state index in [1.165, 1.54) is 0 Å². The summed E-state index contributed by atoms with van der Waals surface area (Å²) in [5, 5.41) is 6.27. The van der Waals surface area contributed by atoms with E-state index >= 15 is 0 Å². The van der Waals surface area contributed by atoms with E-state index in [4.69, 9.17) is 4.74 Å². The van der Waals surface area contributed by atoms with Crippen LogP contribution in [-0.2, 0) is 6.42 Å². The van der Waals surface area contributed by atoms with E-state index in [2.05, 4.69) is 39.7 Å². The summed E-state index contributed by atoms with van der Waals surface area (Å²) in [4.78, 5) is 21.3. The van der Waals surface area contributed by atoms with Crippen LogP contribution < -0.4 is 15.4 Å². The number of ether oxygens (including phenoxy) is 1. The van der Waals surface area contributed by atoms with Gasteiger partial charge >= 0.3 is 0 Å². The molecule has 3 aromatic rings. The third-order valence-corrected chi connectivity index (χ3v) is 4.57. The second kappa shape index (κ2) is 9.68. The van der Waals surface area contributed by atoms with Gasteiger partial charge in [-0.2, -0.15) is 0 Å². The molecule has 1 aromatic heterocycles. The molecule has 1 unspecified atom stereocenters. The molecule has 150 valence electrons. The van der Waals surface area contributed by atoms with Gasteiger partial charge in [-0.3, -0.25) is 4.79 Å². The fraction of sp³-hybridized carbons (Fsp3) is 0.261. The predicted octanol–water partition coefficient (Wildman–Crippen LogP) is 3.94. The summed E-state index contributed by atoms with van der Waals surface area (Å²) in [5.41, 5.74) is 2.60. The Hall–Kier alpha value is -3.41. The first kappa shape index (κ1) is 20.3. The van der Waals surface area contributed by atoms with Gasteiger partial charge < -0.3 is 15.4 Å². The SMILES string of the molecule is COc1cccc(CCNC(=O)c2cc(NC(C)c3ccccc3)nc(C)n2)c1. The minimum atomic E-state index is -0.214. The van der Waals surface area contributed by atoms with Crippen molar-refractivity contribution in [2.45, 2.75) is 26.3 Å². The molecule has 1 heterocycles. The van der Waals surface area contributed by atoms with Crippen LogP contribution in [0.5, 0.6) is 5.75 Å². The van der Waals surface area contributed by atoms with Gasteiger partial charge in [0.1, 0.15) is 23.1 Å². The highest BCUT2D eigenvalue weighted by molar-refractivity contribution is 5.92. The van der Waals surface area contributed by atoms with Crippen molar-refractivity contribution < 1.29 is 9.53 Å². The summed E-state index contributed by atoms with van der Waals surface area (Å²) in [6, 6.07) is 19.7. The van der Waals surface area contributed by atoms with Crippen molar-refractivity contribution in [2.75, 3.05) is 19.0 Å². The molecule has 6 heteroatoms. The Morgan fingerprint density at radius 1 is 1.07 bits per heavy atom. The summed E-state index contributed by atoms with van der Waals surface area (Å²) < 4.78 is 5.23. The molecule has 2 N–H and O–H groups in total. The lowest BCUT2D eigenvalue weighted by Gasteiger charge is -2.16. The largest absolute Gasteiger partial charge is 0.497 e. The minimum absolute atomic E-state index is 0.0643. The molecule has 0 bridgehead atoms. The van der Waals surface area contributed by atoms with Crippen LogP contribution in [0.25, 0.3) is 0 Å². The Morgan fingerprint density at radius 2 is 1.86 bits per heavy atom.